The summed E-state index contributed by atoms with van der Waals surface area (Å²) >= 11 is 5.97. The van der Waals surface area contributed by atoms with Gasteiger partial charge >= 0.3 is 0 Å². The van der Waals surface area contributed by atoms with Gasteiger partial charge in [-0.3, -0.25) is 0 Å². The molecule has 1 N–H and O–H groups in total. The van der Waals surface area contributed by atoms with Crippen LogP contribution in [0.25, 0.3) is 0 Å². The molecular weight excluding hydrogens is 194 g/mol. The van der Waals surface area contributed by atoms with Gasteiger partial charge in [-0.05, 0) is 29.5 Å². The topological polar surface area (TPSA) is 12.0 Å². The van der Waals surface area contributed by atoms with Crippen molar-refractivity contribution in [1.82, 2.24) is 5.32 Å². The van der Waals surface area contributed by atoms with Crippen LogP contribution in [0.1, 0.15) is 31.9 Å². The van der Waals surface area contributed by atoms with Gasteiger partial charge in [0.1, 0.15) is 0 Å². The Kier molecular flexibility index (Phi) is 2.54. The summed E-state index contributed by atoms with van der Waals surface area (Å²) in [5.41, 5.74) is 1.72. The second kappa shape index (κ2) is 3.56. The highest BCUT2D eigenvalue weighted by atomic mass is 35.5. The monoisotopic (exact) mass is 209 g/mol. The second-order valence-corrected chi connectivity index (χ2v) is 5.29. The number of benzene rings is 1. The summed E-state index contributed by atoms with van der Waals surface area (Å²) in [5, 5.41) is 4.36. The van der Waals surface area contributed by atoms with Crippen molar-refractivity contribution in [2.45, 2.75) is 26.3 Å². The van der Waals surface area contributed by atoms with Gasteiger partial charge in [0.05, 0.1) is 0 Å². The van der Waals surface area contributed by atoms with E-state index >= 15 is 0 Å². The van der Waals surface area contributed by atoms with E-state index in [0.717, 1.165) is 11.6 Å². The van der Waals surface area contributed by atoms with Crippen molar-refractivity contribution in [2.24, 2.45) is 5.41 Å². The van der Waals surface area contributed by atoms with Crippen LogP contribution in [0.5, 0.6) is 0 Å². The summed E-state index contributed by atoms with van der Waals surface area (Å²) in [4.78, 5) is 0. The summed E-state index contributed by atoms with van der Waals surface area (Å²) < 4.78 is 0. The zero-order valence-corrected chi connectivity index (χ0v) is 9.43. The Labute approximate surface area is 90.5 Å². The second-order valence-electron chi connectivity index (χ2n) is 4.86. The highest BCUT2D eigenvalue weighted by Crippen LogP contribution is 2.35. The fraction of sp³-hybridized carbons (Fsp3) is 0.500. The number of halogens is 1. The fourth-order valence-electron chi connectivity index (χ4n) is 2.06. The summed E-state index contributed by atoms with van der Waals surface area (Å²) in [5.74, 6) is 0. The molecule has 76 valence electrons. The first-order valence-electron chi connectivity index (χ1n) is 5.06. The lowest BCUT2D eigenvalue weighted by Gasteiger charge is -2.15. The number of rotatable bonds is 1. The Bertz CT molecular complexity index is 333. The van der Waals surface area contributed by atoms with Gasteiger partial charge in [-0.15, -0.1) is 0 Å². The van der Waals surface area contributed by atoms with Gasteiger partial charge in [-0.2, -0.15) is 0 Å². The summed E-state index contributed by atoms with van der Waals surface area (Å²) in [7, 11) is 0. The molecular formula is C12H16ClN. The molecule has 0 saturated carbocycles. The normalized spacial score (nSPS) is 25.2. The van der Waals surface area contributed by atoms with Gasteiger partial charge in [0.25, 0.3) is 0 Å². The van der Waals surface area contributed by atoms with Crippen molar-refractivity contribution in [2.75, 3.05) is 6.54 Å². The van der Waals surface area contributed by atoms with E-state index in [4.69, 9.17) is 11.6 Å². The molecule has 1 saturated heterocycles. The van der Waals surface area contributed by atoms with Crippen LogP contribution in [0.4, 0.5) is 0 Å². The Balaban J connectivity index is 2.17. The van der Waals surface area contributed by atoms with Crippen molar-refractivity contribution in [3.63, 3.8) is 0 Å². The standard InChI is InChI=1S/C12H16ClN/c1-12(2)7-11(14-8-12)9-4-3-5-10(13)6-9/h3-6,11,14H,7-8H2,1-2H3/t11-/m1/s1. The molecule has 2 heteroatoms. The minimum absolute atomic E-state index is 0.410. The first kappa shape index (κ1) is 10.0. The quantitative estimate of drug-likeness (QED) is 0.748. The van der Waals surface area contributed by atoms with Crippen LogP contribution in [-0.2, 0) is 0 Å². The van der Waals surface area contributed by atoms with Crippen molar-refractivity contribution in [3.05, 3.63) is 34.9 Å². The van der Waals surface area contributed by atoms with Crippen LogP contribution in [0, 0.1) is 5.41 Å². The van der Waals surface area contributed by atoms with Gasteiger partial charge in [-0.1, -0.05) is 37.6 Å². The molecule has 0 unspecified atom stereocenters. The first-order valence-corrected chi connectivity index (χ1v) is 5.43. The predicted octanol–water partition coefficient (Wildman–Crippen LogP) is 3.40. The minimum Gasteiger partial charge on any atom is -0.309 e. The lowest BCUT2D eigenvalue weighted by Crippen LogP contribution is -2.16. The Morgan fingerprint density at radius 3 is 2.79 bits per heavy atom. The maximum atomic E-state index is 5.97. The maximum Gasteiger partial charge on any atom is 0.0409 e. The van der Waals surface area contributed by atoms with Gasteiger partial charge in [0.2, 0.25) is 0 Å². The smallest absolute Gasteiger partial charge is 0.0409 e. The molecule has 1 atom stereocenters. The number of hydrogen-bond acceptors (Lipinski definition) is 1. The molecule has 0 aromatic heterocycles. The van der Waals surface area contributed by atoms with E-state index in [9.17, 15) is 0 Å². The summed E-state index contributed by atoms with van der Waals surface area (Å²) in [6, 6.07) is 8.62. The first-order chi connectivity index (χ1) is 6.57. The van der Waals surface area contributed by atoms with Crippen molar-refractivity contribution in [3.8, 4) is 0 Å². The molecule has 2 rings (SSSR count). The van der Waals surface area contributed by atoms with Crippen LogP contribution in [0.15, 0.2) is 24.3 Å². The molecule has 0 bridgehead atoms. The lowest BCUT2D eigenvalue weighted by atomic mass is 9.89. The third-order valence-corrected chi connectivity index (χ3v) is 3.07. The molecule has 1 aromatic rings. The van der Waals surface area contributed by atoms with Crippen LogP contribution in [0.2, 0.25) is 5.02 Å². The largest absolute Gasteiger partial charge is 0.309 e. The van der Waals surface area contributed by atoms with Crippen molar-refractivity contribution in [1.29, 1.82) is 0 Å². The molecule has 1 aliphatic rings. The van der Waals surface area contributed by atoms with Gasteiger partial charge in [-0.25, -0.2) is 0 Å². The average Bonchev–Trinajstić information content (AvgIpc) is 2.46. The van der Waals surface area contributed by atoms with Crippen molar-refractivity contribution < 1.29 is 0 Å². The number of nitrogens with one attached hydrogen (secondary N) is 1. The van der Waals surface area contributed by atoms with E-state index in [1.807, 2.05) is 12.1 Å². The lowest BCUT2D eigenvalue weighted by molar-refractivity contribution is 0.403. The molecule has 0 radical (unpaired) electrons. The SMILES string of the molecule is CC1(C)CN[C@@H](c2cccc(Cl)c2)C1. The average molecular weight is 210 g/mol. The minimum atomic E-state index is 0.410. The maximum absolute atomic E-state index is 5.97. The zero-order chi connectivity index (χ0) is 10.2. The van der Waals surface area contributed by atoms with Crippen LogP contribution < -0.4 is 5.32 Å². The Morgan fingerprint density at radius 1 is 1.43 bits per heavy atom. The van der Waals surface area contributed by atoms with E-state index in [-0.39, 0.29) is 0 Å². The zero-order valence-electron chi connectivity index (χ0n) is 8.68. The van der Waals surface area contributed by atoms with Crippen LogP contribution in [-0.4, -0.2) is 6.54 Å². The molecule has 1 fully saturated rings. The molecule has 0 amide bonds. The van der Waals surface area contributed by atoms with Gasteiger partial charge in [0.15, 0.2) is 0 Å². The summed E-state index contributed by atoms with van der Waals surface area (Å²) in [6.07, 6.45) is 1.19. The third kappa shape index (κ3) is 2.10. The van der Waals surface area contributed by atoms with E-state index < -0.39 is 0 Å². The van der Waals surface area contributed by atoms with Crippen molar-refractivity contribution >= 4 is 11.6 Å². The molecule has 1 aromatic carbocycles. The Morgan fingerprint density at radius 2 is 2.21 bits per heavy atom. The molecule has 1 nitrogen and oxygen atoms in total. The van der Waals surface area contributed by atoms with Crippen LogP contribution >= 0.6 is 11.6 Å². The Hall–Kier alpha value is -0.530. The predicted molar refractivity (Wildman–Crippen MR) is 60.6 cm³/mol. The third-order valence-electron chi connectivity index (χ3n) is 2.83. The molecule has 0 spiro atoms. The molecule has 14 heavy (non-hydrogen) atoms. The highest BCUT2D eigenvalue weighted by Gasteiger charge is 2.31. The van der Waals surface area contributed by atoms with Gasteiger partial charge < -0.3 is 5.32 Å². The van der Waals surface area contributed by atoms with E-state index in [2.05, 4.69) is 31.3 Å². The highest BCUT2D eigenvalue weighted by molar-refractivity contribution is 6.30. The fourth-order valence-corrected chi connectivity index (χ4v) is 2.25. The van der Waals surface area contributed by atoms with E-state index in [1.165, 1.54) is 12.0 Å². The van der Waals surface area contributed by atoms with Crippen LogP contribution in [0.3, 0.4) is 0 Å². The van der Waals surface area contributed by atoms with E-state index in [1.54, 1.807) is 0 Å². The summed E-state index contributed by atoms with van der Waals surface area (Å²) in [6.45, 7) is 5.68. The van der Waals surface area contributed by atoms with Gasteiger partial charge in [0, 0.05) is 17.6 Å². The number of hydrogen-bond donors (Lipinski definition) is 1. The molecule has 1 aliphatic heterocycles. The molecule has 0 aliphatic carbocycles. The molecule has 1 heterocycles. The van der Waals surface area contributed by atoms with E-state index in [0.29, 0.717) is 11.5 Å².